The summed E-state index contributed by atoms with van der Waals surface area (Å²) >= 11 is 0. The normalized spacial score (nSPS) is 16.0. The van der Waals surface area contributed by atoms with Crippen LogP contribution in [0.15, 0.2) is 18.2 Å². The fourth-order valence-corrected chi connectivity index (χ4v) is 2.42. The van der Waals surface area contributed by atoms with E-state index in [0.29, 0.717) is 5.69 Å². The number of benzene rings is 1. The molecule has 1 aromatic carbocycles. The molecule has 6 nitrogen and oxygen atoms in total. The van der Waals surface area contributed by atoms with Gasteiger partial charge in [-0.2, -0.15) is 0 Å². The highest BCUT2D eigenvalue weighted by molar-refractivity contribution is 5.94. The monoisotopic (exact) mass is 263 g/mol. The average molecular weight is 263 g/mol. The molecule has 6 heteroatoms. The van der Waals surface area contributed by atoms with Gasteiger partial charge in [0.05, 0.1) is 4.92 Å². The molecular formula is C13H17N3O3. The SMILES string of the molecule is NC(=O)c1ccc(NC2CCCCC2)c([N+](=O)[O-])c1. The van der Waals surface area contributed by atoms with Crippen molar-refractivity contribution in [3.8, 4) is 0 Å². The van der Waals surface area contributed by atoms with E-state index >= 15 is 0 Å². The molecule has 102 valence electrons. The van der Waals surface area contributed by atoms with Gasteiger partial charge >= 0.3 is 0 Å². The van der Waals surface area contributed by atoms with E-state index in [0.717, 1.165) is 25.7 Å². The summed E-state index contributed by atoms with van der Waals surface area (Å²) in [6.07, 6.45) is 5.56. The Hall–Kier alpha value is -2.11. The molecule has 0 radical (unpaired) electrons. The summed E-state index contributed by atoms with van der Waals surface area (Å²) in [4.78, 5) is 21.6. The van der Waals surface area contributed by atoms with Crippen molar-refractivity contribution in [2.45, 2.75) is 38.1 Å². The zero-order chi connectivity index (χ0) is 13.8. The van der Waals surface area contributed by atoms with Gasteiger partial charge in [0.25, 0.3) is 5.69 Å². The molecule has 0 heterocycles. The van der Waals surface area contributed by atoms with E-state index in [4.69, 9.17) is 5.73 Å². The highest BCUT2D eigenvalue weighted by atomic mass is 16.6. The molecule has 0 aromatic heterocycles. The van der Waals surface area contributed by atoms with Crippen molar-refractivity contribution >= 4 is 17.3 Å². The summed E-state index contributed by atoms with van der Waals surface area (Å²) in [5.41, 5.74) is 5.65. The Labute approximate surface area is 111 Å². The number of nitro benzene ring substituents is 1. The van der Waals surface area contributed by atoms with Gasteiger partial charge in [-0.1, -0.05) is 19.3 Å². The van der Waals surface area contributed by atoms with E-state index in [1.807, 2.05) is 0 Å². The number of nitro groups is 1. The molecule has 0 spiro atoms. The second-order valence-corrected chi connectivity index (χ2v) is 4.83. The number of amides is 1. The fourth-order valence-electron chi connectivity index (χ4n) is 2.42. The summed E-state index contributed by atoms with van der Waals surface area (Å²) in [6.45, 7) is 0. The van der Waals surface area contributed by atoms with Crippen LogP contribution in [0.1, 0.15) is 42.5 Å². The Balaban J connectivity index is 2.23. The van der Waals surface area contributed by atoms with Gasteiger partial charge in [0.15, 0.2) is 0 Å². The number of anilines is 1. The van der Waals surface area contributed by atoms with E-state index in [2.05, 4.69) is 5.32 Å². The minimum absolute atomic E-state index is 0.0955. The third-order valence-corrected chi connectivity index (χ3v) is 3.44. The Morgan fingerprint density at radius 1 is 1.32 bits per heavy atom. The van der Waals surface area contributed by atoms with E-state index in [1.165, 1.54) is 18.6 Å². The average Bonchev–Trinajstić information content (AvgIpc) is 2.39. The third-order valence-electron chi connectivity index (χ3n) is 3.44. The summed E-state index contributed by atoms with van der Waals surface area (Å²) in [5.74, 6) is -0.660. The van der Waals surface area contributed by atoms with Crippen molar-refractivity contribution in [1.82, 2.24) is 0 Å². The fraction of sp³-hybridized carbons (Fsp3) is 0.462. The van der Waals surface area contributed by atoms with Crippen molar-refractivity contribution in [2.24, 2.45) is 5.73 Å². The largest absolute Gasteiger partial charge is 0.377 e. The van der Waals surface area contributed by atoms with Gasteiger partial charge in [0.1, 0.15) is 5.69 Å². The molecule has 1 aromatic rings. The summed E-state index contributed by atoms with van der Waals surface area (Å²) in [7, 11) is 0. The summed E-state index contributed by atoms with van der Waals surface area (Å²) in [5, 5.41) is 14.3. The molecule has 3 N–H and O–H groups in total. The number of hydrogen-bond acceptors (Lipinski definition) is 4. The van der Waals surface area contributed by atoms with Crippen molar-refractivity contribution in [3.05, 3.63) is 33.9 Å². The van der Waals surface area contributed by atoms with Crippen LogP contribution >= 0.6 is 0 Å². The number of carbonyl (C=O) groups excluding carboxylic acids is 1. The van der Waals surface area contributed by atoms with E-state index in [-0.39, 0.29) is 17.3 Å². The van der Waals surface area contributed by atoms with Crippen LogP contribution in [0.4, 0.5) is 11.4 Å². The molecule has 1 amide bonds. The van der Waals surface area contributed by atoms with Gasteiger partial charge in [-0.05, 0) is 25.0 Å². The number of nitrogens with one attached hydrogen (secondary N) is 1. The van der Waals surface area contributed by atoms with Gasteiger partial charge in [0, 0.05) is 17.7 Å². The predicted molar refractivity (Wildman–Crippen MR) is 72.1 cm³/mol. The summed E-state index contributed by atoms with van der Waals surface area (Å²) in [6, 6.07) is 4.58. The molecule has 1 fully saturated rings. The van der Waals surface area contributed by atoms with Gasteiger partial charge in [0.2, 0.25) is 5.91 Å². The lowest BCUT2D eigenvalue weighted by Gasteiger charge is -2.23. The van der Waals surface area contributed by atoms with Crippen LogP contribution in [0, 0.1) is 10.1 Å². The first-order valence-corrected chi connectivity index (χ1v) is 6.42. The van der Waals surface area contributed by atoms with Crippen LogP contribution in [0.2, 0.25) is 0 Å². The van der Waals surface area contributed by atoms with Crippen LogP contribution in [0.3, 0.4) is 0 Å². The smallest absolute Gasteiger partial charge is 0.293 e. The quantitative estimate of drug-likeness (QED) is 0.643. The molecular weight excluding hydrogens is 246 g/mol. The van der Waals surface area contributed by atoms with Crippen molar-refractivity contribution in [2.75, 3.05) is 5.32 Å². The highest BCUT2D eigenvalue weighted by Crippen LogP contribution is 2.29. The molecule has 1 aliphatic carbocycles. The highest BCUT2D eigenvalue weighted by Gasteiger charge is 2.20. The maximum absolute atomic E-state index is 11.1. The van der Waals surface area contributed by atoms with Crippen LogP contribution < -0.4 is 11.1 Å². The molecule has 0 saturated heterocycles. The second-order valence-electron chi connectivity index (χ2n) is 4.83. The van der Waals surface area contributed by atoms with Crippen LogP contribution in [0.5, 0.6) is 0 Å². The Bertz CT molecular complexity index is 496. The van der Waals surface area contributed by atoms with Gasteiger partial charge < -0.3 is 11.1 Å². The van der Waals surface area contributed by atoms with Crippen LogP contribution in [0.25, 0.3) is 0 Å². The molecule has 0 atom stereocenters. The van der Waals surface area contributed by atoms with E-state index in [1.54, 1.807) is 6.07 Å². The summed E-state index contributed by atoms with van der Waals surface area (Å²) < 4.78 is 0. The van der Waals surface area contributed by atoms with Crippen LogP contribution in [-0.2, 0) is 0 Å². The van der Waals surface area contributed by atoms with Crippen molar-refractivity contribution in [1.29, 1.82) is 0 Å². The number of carbonyl (C=O) groups is 1. The Morgan fingerprint density at radius 2 is 2.00 bits per heavy atom. The molecule has 0 aliphatic heterocycles. The minimum atomic E-state index is -0.660. The van der Waals surface area contributed by atoms with Crippen molar-refractivity contribution in [3.63, 3.8) is 0 Å². The number of primary amides is 1. The predicted octanol–water partition coefficient (Wildman–Crippen LogP) is 2.44. The van der Waals surface area contributed by atoms with E-state index < -0.39 is 10.8 Å². The zero-order valence-corrected chi connectivity index (χ0v) is 10.6. The van der Waals surface area contributed by atoms with Crippen LogP contribution in [-0.4, -0.2) is 16.9 Å². The zero-order valence-electron chi connectivity index (χ0n) is 10.6. The first-order chi connectivity index (χ1) is 9.08. The maximum Gasteiger partial charge on any atom is 0.293 e. The molecule has 19 heavy (non-hydrogen) atoms. The van der Waals surface area contributed by atoms with Crippen molar-refractivity contribution < 1.29 is 9.72 Å². The van der Waals surface area contributed by atoms with Gasteiger partial charge in [-0.15, -0.1) is 0 Å². The molecule has 0 unspecified atom stereocenters. The lowest BCUT2D eigenvalue weighted by molar-refractivity contribution is -0.384. The number of hydrogen-bond donors (Lipinski definition) is 2. The van der Waals surface area contributed by atoms with Gasteiger partial charge in [-0.3, -0.25) is 14.9 Å². The standard InChI is InChI=1S/C13H17N3O3/c14-13(17)9-6-7-11(12(8-9)16(18)19)15-10-4-2-1-3-5-10/h6-8,10,15H,1-5H2,(H2,14,17). The van der Waals surface area contributed by atoms with Gasteiger partial charge in [-0.25, -0.2) is 0 Å². The Morgan fingerprint density at radius 3 is 2.58 bits per heavy atom. The Kier molecular flexibility index (Phi) is 3.99. The molecule has 1 saturated carbocycles. The number of rotatable bonds is 4. The third kappa shape index (κ3) is 3.21. The topological polar surface area (TPSA) is 98.3 Å². The first-order valence-electron chi connectivity index (χ1n) is 6.42. The van der Waals surface area contributed by atoms with E-state index in [9.17, 15) is 14.9 Å². The number of nitrogens with two attached hydrogens (primary N) is 1. The first kappa shape index (κ1) is 13.3. The number of nitrogens with zero attached hydrogens (tertiary/aromatic N) is 1. The molecule has 2 rings (SSSR count). The molecule has 1 aliphatic rings. The lowest BCUT2D eigenvalue weighted by atomic mass is 9.95. The minimum Gasteiger partial charge on any atom is -0.377 e. The lowest BCUT2D eigenvalue weighted by Crippen LogP contribution is -2.23. The maximum atomic E-state index is 11.1. The molecule has 0 bridgehead atoms. The second kappa shape index (κ2) is 5.69.